The smallest absolute Gasteiger partial charge is 0.343 e. The van der Waals surface area contributed by atoms with Gasteiger partial charge >= 0.3 is 29.8 Å². The molecule has 11 rings (SSSR count). The van der Waals surface area contributed by atoms with Gasteiger partial charge in [-0.25, -0.2) is 14.4 Å². The van der Waals surface area contributed by atoms with Crippen LogP contribution in [-0.2, 0) is 75.8 Å². The third-order valence-corrected chi connectivity index (χ3v) is 24.6. The SMILES string of the molecule is CCC(=O)OCC(=O)[C@@]1(OC(=O)CC)[C@@H](C)C[C@H]2[C@@H]3CCC4=CC(=O)C=C[C@]4(C)[C@@]3(Cl)[C@@H](O)C[C@@]21C.COc1ccc(C[C@@H](C)NC[C@H](O)c2ccc(O)c(NC=O)c2)cc1.COc1ccc(C[C@@H](C)NC[C@H](O)c2ccc(O)c(NC=O)c2)cc1.C[N+]1(C)CCC(OC(=O)C(O)(c2ccccc2)C2CCCC2)C1.O=C(O)/C=C/C(=O)O.[Cl-]. The summed E-state index contributed by atoms with van der Waals surface area (Å²) in [5.41, 5.74) is 1.04. The molecule has 0 spiro atoms. The second-order valence-electron chi connectivity index (χ2n) is 32.0. The minimum atomic E-state index is -1.55. The summed E-state index contributed by atoms with van der Waals surface area (Å²) in [7, 11) is 7.57. The molecule has 0 aromatic heterocycles. The summed E-state index contributed by atoms with van der Waals surface area (Å²) in [6.07, 6.45) is 13.1. The first-order valence-corrected chi connectivity index (χ1v) is 40.1. The highest BCUT2D eigenvalue weighted by Gasteiger charge is 2.76. The Morgan fingerprint density at radius 2 is 1.20 bits per heavy atom. The van der Waals surface area contributed by atoms with Gasteiger partial charge in [0.2, 0.25) is 18.6 Å². The number of likely N-dealkylation sites (N-methyl/N-ethyl adjacent to an activating group) is 1. The Morgan fingerprint density at radius 1 is 0.703 bits per heavy atom. The number of amides is 2. The highest BCUT2D eigenvalue weighted by Crippen LogP contribution is 2.72. The van der Waals surface area contributed by atoms with Gasteiger partial charge in [0, 0.05) is 79.3 Å². The second-order valence-corrected chi connectivity index (χ2v) is 32.6. The van der Waals surface area contributed by atoms with E-state index in [1.807, 2.05) is 120 Å². The van der Waals surface area contributed by atoms with Crippen molar-refractivity contribution in [2.75, 3.05) is 71.7 Å². The highest BCUT2D eigenvalue weighted by atomic mass is 35.5. The number of phenols is 2. The summed E-state index contributed by atoms with van der Waals surface area (Å²) in [6.45, 7) is 15.3. The van der Waals surface area contributed by atoms with E-state index in [1.54, 1.807) is 58.4 Å². The van der Waals surface area contributed by atoms with Crippen LogP contribution >= 0.6 is 11.6 Å². The number of quaternary nitrogens is 1. The lowest BCUT2D eigenvalue weighted by molar-refractivity contribution is -0.879. The molecule has 1 aliphatic heterocycles. The Hall–Kier alpha value is -9.55. The summed E-state index contributed by atoms with van der Waals surface area (Å²) in [5, 5.41) is 90.1. The summed E-state index contributed by atoms with van der Waals surface area (Å²) in [5.74, 6) is -3.67. The maximum absolute atomic E-state index is 13.9. The van der Waals surface area contributed by atoms with Gasteiger partial charge in [-0.2, -0.15) is 0 Å². The number of carboxylic acids is 2. The van der Waals surface area contributed by atoms with Crippen molar-refractivity contribution < 1.29 is 125 Å². The molecule has 118 heavy (non-hydrogen) atoms. The molecule has 5 fully saturated rings. The van der Waals surface area contributed by atoms with Crippen molar-refractivity contribution in [3.05, 3.63) is 179 Å². The van der Waals surface area contributed by atoms with Crippen LogP contribution in [0.1, 0.15) is 159 Å². The van der Waals surface area contributed by atoms with E-state index in [0.717, 1.165) is 79.6 Å². The Labute approximate surface area is 701 Å². The number of hydrogen-bond acceptors (Lipinski definition) is 22. The maximum atomic E-state index is 13.9. The number of carbonyl (C=O) groups excluding carboxylic acids is 7. The van der Waals surface area contributed by atoms with Crippen molar-refractivity contribution in [3.8, 4) is 23.0 Å². The standard InChI is InChI=1S/C28H37ClO7.2C19H24N2O4.C19H28NO3.C4H4O4.ClH/c1-6-23(33)35-15-22(32)28(36-24(34)7-2)16(3)12-20-19-9-8-17-13-18(30)10-11-25(17,4)27(19,29)21(31)14-26(20,28)5;2*1-13(9-14-3-6-16(25-2)7-4-14)20-11-19(24)15-5-8-18(23)17(10-15)21-12-22;1-20(2)13-12-17(14-20)23-18(21)19(22,16-10-6-7-11-16)15-8-4-3-5-9-15;5-3(6)1-2-4(7)8;/h10-11,13,16,19-21,31H,6-9,12,14-15H2,1-5H3;2*3-8,10,12-13,19-20,23-24H,9,11H2,1-2H3,(H,21,22);3-5,8-9,16-17,22H,6-7,10-14H2,1-2H3;1-2H,(H,5,6)(H,7,8);1H/q;;;+1;;/p-1/b;;;;2-1+;/t16-,19-,20-,21-,25-,26-,27-,28-;2*13-,19+;;;/m011.../s1. The van der Waals surface area contributed by atoms with Gasteiger partial charge in [-0.05, 0) is 166 Å². The fourth-order valence-corrected chi connectivity index (χ4v) is 17.9. The molecule has 2 amide bonds. The molecule has 14 atom stereocenters. The molecular weight excluding hydrogens is 1560 g/mol. The predicted molar refractivity (Wildman–Crippen MR) is 440 cm³/mol. The molecule has 5 aromatic carbocycles. The molecule has 6 aliphatic rings. The number of anilines is 2. The number of aliphatic hydroxyl groups excluding tert-OH is 3. The Kier molecular flexibility index (Phi) is 36.2. The number of methoxy groups -OCH3 is 2. The molecular formula is C89H117Cl2N5O22. The average Bonchev–Trinajstić information content (AvgIpc) is 1.44. The monoisotopic (exact) mass is 1680 g/mol. The first kappa shape index (κ1) is 97.3. The number of likely N-dealkylation sites (tertiary alicyclic amines) is 1. The first-order valence-electron chi connectivity index (χ1n) is 39.7. The number of nitrogens with zero attached hydrogens (tertiary/aromatic N) is 1. The van der Waals surface area contributed by atoms with E-state index >= 15 is 0 Å². The molecule has 12 N–H and O–H groups in total. The number of ether oxygens (including phenoxy) is 5. The zero-order valence-electron chi connectivity index (χ0n) is 69.0. The number of nitrogens with one attached hydrogen (secondary N) is 4. The van der Waals surface area contributed by atoms with Crippen molar-refractivity contribution >= 4 is 77.2 Å². The fraction of sp³-hybridized carbons (Fsp3) is 0.494. The van der Waals surface area contributed by atoms with Gasteiger partial charge in [-0.3, -0.25) is 28.8 Å². The number of esters is 3. The van der Waals surface area contributed by atoms with Crippen LogP contribution in [0.2, 0.25) is 0 Å². The average molecular weight is 1680 g/mol. The zero-order chi connectivity index (χ0) is 86.2. The van der Waals surface area contributed by atoms with Crippen molar-refractivity contribution in [1.29, 1.82) is 0 Å². The van der Waals surface area contributed by atoms with Gasteiger partial charge in [0.15, 0.2) is 29.7 Å². The maximum Gasteiger partial charge on any atom is 0.343 e. The largest absolute Gasteiger partial charge is 1.00 e. The number of aliphatic hydroxyl groups is 4. The van der Waals surface area contributed by atoms with Crippen LogP contribution in [0, 0.1) is 34.5 Å². The van der Waals surface area contributed by atoms with Gasteiger partial charge < -0.3 is 103 Å². The first-order chi connectivity index (χ1) is 55.4. The number of aromatic hydroxyl groups is 2. The van der Waals surface area contributed by atoms with E-state index in [0.29, 0.717) is 74.0 Å². The number of halogens is 2. The lowest BCUT2D eigenvalue weighted by Crippen LogP contribution is -3.00. The summed E-state index contributed by atoms with van der Waals surface area (Å²) < 4.78 is 28.2. The van der Waals surface area contributed by atoms with Crippen LogP contribution in [0.15, 0.2) is 151 Å². The van der Waals surface area contributed by atoms with Gasteiger partial charge in [0.1, 0.15) is 29.5 Å². The van der Waals surface area contributed by atoms with Crippen molar-refractivity contribution in [1.82, 2.24) is 10.6 Å². The van der Waals surface area contributed by atoms with Gasteiger partial charge in [0.25, 0.3) is 0 Å². The molecule has 2 unspecified atom stereocenters. The number of fused-ring (bicyclic) bond motifs is 5. The number of carbonyl (C=O) groups is 9. The number of rotatable bonds is 30. The van der Waals surface area contributed by atoms with E-state index in [9.17, 15) is 73.8 Å². The molecule has 1 heterocycles. The van der Waals surface area contributed by atoms with Crippen LogP contribution < -0.4 is 43.1 Å². The second kappa shape index (κ2) is 43.9. The number of carboxylic acid groups (broad SMARTS) is 2. The molecule has 27 nitrogen and oxygen atoms in total. The van der Waals surface area contributed by atoms with Crippen LogP contribution in [-0.4, -0.2) is 195 Å². The number of ketones is 2. The quantitative estimate of drug-likeness (QED) is 0.00398. The van der Waals surface area contributed by atoms with Crippen molar-refractivity contribution in [3.63, 3.8) is 0 Å². The minimum Gasteiger partial charge on any atom is -1.00 e. The number of Topliss-reactive ketones (excluding diaryl/α,β-unsaturated/α-hetero) is 1. The molecule has 29 heteroatoms. The molecule has 0 radical (unpaired) electrons. The number of benzene rings is 5. The molecule has 5 aromatic rings. The molecule has 4 saturated carbocycles. The molecule has 0 bridgehead atoms. The number of allylic oxidation sites excluding steroid dienone is 4. The van der Waals surface area contributed by atoms with Crippen LogP contribution in [0.5, 0.6) is 23.0 Å². The predicted octanol–water partition coefficient (Wildman–Crippen LogP) is 7.71. The van der Waals surface area contributed by atoms with Crippen molar-refractivity contribution in [2.45, 2.75) is 185 Å². The Bertz CT molecular complexity index is 4180. The number of aliphatic carboxylic acids is 2. The number of alkyl halides is 1. The molecule has 1 saturated heterocycles. The number of hydrogen-bond donors (Lipinski definition) is 12. The Morgan fingerprint density at radius 3 is 1.65 bits per heavy atom. The van der Waals surface area contributed by atoms with Crippen LogP contribution in [0.3, 0.4) is 0 Å². The minimum absolute atomic E-state index is 0. The molecule has 644 valence electrons. The van der Waals surface area contributed by atoms with Crippen molar-refractivity contribution in [2.24, 2.45) is 34.5 Å². The van der Waals surface area contributed by atoms with Crippen LogP contribution in [0.4, 0.5) is 11.4 Å². The highest BCUT2D eigenvalue weighted by molar-refractivity contribution is 6.26. The van der Waals surface area contributed by atoms with E-state index < -0.39 is 87.5 Å². The normalized spacial score (nSPS) is 24.6. The topological polar surface area (TPSA) is 410 Å². The third-order valence-electron chi connectivity index (χ3n) is 23.6. The fourth-order valence-electron chi connectivity index (χ4n) is 17.4. The van der Waals surface area contributed by atoms with E-state index in [4.69, 9.17) is 45.5 Å². The summed E-state index contributed by atoms with van der Waals surface area (Å²) in [4.78, 5) is 103. The van der Waals surface area contributed by atoms with E-state index in [-0.39, 0.29) is 102 Å². The van der Waals surface area contributed by atoms with Gasteiger partial charge in [0.05, 0.1) is 69.4 Å². The van der Waals surface area contributed by atoms with E-state index in [2.05, 4.69) is 35.4 Å². The lowest BCUT2D eigenvalue weighted by atomic mass is 9.45. The zero-order valence-corrected chi connectivity index (χ0v) is 70.5. The van der Waals surface area contributed by atoms with Gasteiger partial charge in [-0.1, -0.05) is 126 Å². The van der Waals surface area contributed by atoms with Crippen LogP contribution in [0.25, 0.3) is 0 Å². The number of phenolic OH excluding ortho intramolecular Hbond substituents is 2. The summed E-state index contributed by atoms with van der Waals surface area (Å²) in [6, 6.07) is 34.7. The van der Waals surface area contributed by atoms with Gasteiger partial charge in [-0.15, -0.1) is 11.6 Å². The molecule has 5 aliphatic carbocycles. The lowest BCUT2D eigenvalue weighted by Gasteiger charge is -2.64. The summed E-state index contributed by atoms with van der Waals surface area (Å²) >= 11 is 7.48. The van der Waals surface area contributed by atoms with E-state index in [1.165, 1.54) is 29.3 Å². The third kappa shape index (κ3) is 24.1. The Balaban J connectivity index is 0.000000239.